The molecule has 1 unspecified atom stereocenters. The number of hydrogen-bond acceptors (Lipinski definition) is 2. The van der Waals surface area contributed by atoms with Crippen molar-refractivity contribution in [2.75, 3.05) is 20.2 Å². The van der Waals surface area contributed by atoms with Gasteiger partial charge in [-0.1, -0.05) is 6.42 Å². The van der Waals surface area contributed by atoms with E-state index in [1.54, 1.807) is 12.1 Å². The fourth-order valence-corrected chi connectivity index (χ4v) is 2.75. The quantitative estimate of drug-likeness (QED) is 0.837. The zero-order valence-corrected chi connectivity index (χ0v) is 12.2. The molecule has 1 heterocycles. The minimum atomic E-state index is -0.255. The topological polar surface area (TPSA) is 12.5 Å². The molecule has 0 spiro atoms. The van der Waals surface area contributed by atoms with E-state index < -0.39 is 0 Å². The number of halogens is 2. The van der Waals surface area contributed by atoms with Crippen molar-refractivity contribution in [3.8, 4) is 5.75 Å². The van der Waals surface area contributed by atoms with E-state index >= 15 is 0 Å². The summed E-state index contributed by atoms with van der Waals surface area (Å²) >= 11 is 3.16. The average Bonchev–Trinajstić information content (AvgIpc) is 2.36. The highest BCUT2D eigenvalue weighted by Gasteiger charge is 2.18. The van der Waals surface area contributed by atoms with Crippen molar-refractivity contribution in [1.29, 1.82) is 0 Å². The summed E-state index contributed by atoms with van der Waals surface area (Å²) in [6.07, 6.45) is 4.91. The normalized spacial score (nSPS) is 20.9. The van der Waals surface area contributed by atoms with Crippen molar-refractivity contribution in [1.82, 2.24) is 4.90 Å². The first-order valence-electron chi connectivity index (χ1n) is 6.45. The van der Waals surface area contributed by atoms with Crippen LogP contribution < -0.4 is 4.74 Å². The molecule has 1 aliphatic rings. The number of benzene rings is 1. The Balaban J connectivity index is 1.79. The van der Waals surface area contributed by atoms with E-state index in [4.69, 9.17) is 4.74 Å². The average molecular weight is 316 g/mol. The van der Waals surface area contributed by atoms with Gasteiger partial charge in [-0.15, -0.1) is 0 Å². The van der Waals surface area contributed by atoms with E-state index in [0.717, 1.165) is 12.2 Å². The van der Waals surface area contributed by atoms with Gasteiger partial charge in [0.05, 0.1) is 11.1 Å². The molecule has 1 aromatic rings. The summed E-state index contributed by atoms with van der Waals surface area (Å²) in [5.74, 6) is 0.469. The zero-order valence-electron chi connectivity index (χ0n) is 10.7. The number of nitrogens with zero attached hydrogens (tertiary/aromatic N) is 1. The summed E-state index contributed by atoms with van der Waals surface area (Å²) in [6.45, 7) is 1.87. The van der Waals surface area contributed by atoms with Crippen LogP contribution in [0.15, 0.2) is 22.7 Å². The number of piperidine rings is 1. The maximum atomic E-state index is 13.1. The van der Waals surface area contributed by atoms with E-state index in [-0.39, 0.29) is 5.82 Å². The highest BCUT2D eigenvalue weighted by molar-refractivity contribution is 9.10. The van der Waals surface area contributed by atoms with Crippen LogP contribution in [0.5, 0.6) is 5.75 Å². The first kappa shape index (κ1) is 13.8. The summed E-state index contributed by atoms with van der Waals surface area (Å²) in [5.41, 5.74) is 0. The second-order valence-corrected chi connectivity index (χ2v) is 5.70. The molecule has 1 fully saturated rings. The van der Waals surface area contributed by atoms with Crippen molar-refractivity contribution >= 4 is 15.9 Å². The first-order chi connectivity index (χ1) is 8.66. The summed E-state index contributed by atoms with van der Waals surface area (Å²) in [6, 6.07) is 5.40. The summed E-state index contributed by atoms with van der Waals surface area (Å²) in [5, 5.41) is 0. The van der Waals surface area contributed by atoms with Gasteiger partial charge < -0.3 is 9.64 Å². The third-order valence-corrected chi connectivity index (χ3v) is 4.14. The highest BCUT2D eigenvalue weighted by atomic mass is 79.9. The second-order valence-electron chi connectivity index (χ2n) is 4.84. The molecule has 0 bridgehead atoms. The number of likely N-dealkylation sites (tertiary alicyclic amines) is 1. The van der Waals surface area contributed by atoms with E-state index in [2.05, 4.69) is 27.9 Å². The van der Waals surface area contributed by atoms with Gasteiger partial charge >= 0.3 is 0 Å². The Labute approximate surface area is 116 Å². The Morgan fingerprint density at radius 1 is 1.44 bits per heavy atom. The van der Waals surface area contributed by atoms with Crippen LogP contribution in [0.1, 0.15) is 25.7 Å². The smallest absolute Gasteiger partial charge is 0.137 e. The zero-order chi connectivity index (χ0) is 13.0. The SMILES string of the molecule is CN1CCCCC1CCOc1ccc(F)c(Br)c1. The van der Waals surface area contributed by atoms with Crippen molar-refractivity contribution in [2.24, 2.45) is 0 Å². The van der Waals surface area contributed by atoms with Gasteiger partial charge in [0.25, 0.3) is 0 Å². The van der Waals surface area contributed by atoms with Crippen LogP contribution in [-0.4, -0.2) is 31.1 Å². The lowest BCUT2D eigenvalue weighted by atomic mass is 10.0. The molecule has 2 rings (SSSR count). The molecule has 0 N–H and O–H groups in total. The lowest BCUT2D eigenvalue weighted by Gasteiger charge is -2.32. The van der Waals surface area contributed by atoms with Gasteiger partial charge in [0.1, 0.15) is 11.6 Å². The molecule has 0 radical (unpaired) electrons. The summed E-state index contributed by atoms with van der Waals surface area (Å²) < 4.78 is 19.2. The van der Waals surface area contributed by atoms with Gasteiger partial charge in [-0.25, -0.2) is 4.39 Å². The third kappa shape index (κ3) is 3.69. The molecule has 0 aliphatic carbocycles. The number of rotatable bonds is 4. The van der Waals surface area contributed by atoms with Gasteiger partial charge in [0, 0.05) is 6.04 Å². The standard InChI is InChI=1S/C14H19BrFNO/c1-17-8-3-2-4-11(17)7-9-18-12-5-6-14(16)13(15)10-12/h5-6,10-11H,2-4,7-9H2,1H3. The minimum absolute atomic E-state index is 0.255. The van der Waals surface area contributed by atoms with Gasteiger partial charge in [-0.3, -0.25) is 0 Å². The van der Waals surface area contributed by atoms with Gasteiger partial charge in [0.2, 0.25) is 0 Å². The lowest BCUT2D eigenvalue weighted by Crippen LogP contribution is -2.37. The molecule has 0 amide bonds. The monoisotopic (exact) mass is 315 g/mol. The predicted octanol–water partition coefficient (Wildman–Crippen LogP) is 3.84. The van der Waals surface area contributed by atoms with Crippen LogP contribution in [0.25, 0.3) is 0 Å². The maximum Gasteiger partial charge on any atom is 0.137 e. The van der Waals surface area contributed by atoms with Gasteiger partial charge in [0.15, 0.2) is 0 Å². The number of ether oxygens (including phenoxy) is 1. The van der Waals surface area contributed by atoms with Crippen LogP contribution in [-0.2, 0) is 0 Å². The van der Waals surface area contributed by atoms with Crippen LogP contribution in [0.4, 0.5) is 4.39 Å². The van der Waals surface area contributed by atoms with E-state index in [9.17, 15) is 4.39 Å². The molecule has 18 heavy (non-hydrogen) atoms. The summed E-state index contributed by atoms with van der Waals surface area (Å²) in [4.78, 5) is 2.41. The third-order valence-electron chi connectivity index (χ3n) is 3.53. The minimum Gasteiger partial charge on any atom is -0.493 e. The first-order valence-corrected chi connectivity index (χ1v) is 7.24. The fourth-order valence-electron chi connectivity index (χ4n) is 2.39. The molecule has 1 aromatic carbocycles. The number of hydrogen-bond donors (Lipinski definition) is 0. The van der Waals surface area contributed by atoms with Crippen molar-refractivity contribution in [3.63, 3.8) is 0 Å². The Hall–Kier alpha value is -0.610. The molecule has 1 aliphatic heterocycles. The Morgan fingerprint density at radius 3 is 3.00 bits per heavy atom. The Bertz CT molecular complexity index is 399. The van der Waals surface area contributed by atoms with Gasteiger partial charge in [-0.2, -0.15) is 0 Å². The largest absolute Gasteiger partial charge is 0.493 e. The highest BCUT2D eigenvalue weighted by Crippen LogP contribution is 2.23. The van der Waals surface area contributed by atoms with Crippen LogP contribution in [0.2, 0.25) is 0 Å². The van der Waals surface area contributed by atoms with Crippen molar-refractivity contribution in [3.05, 3.63) is 28.5 Å². The van der Waals surface area contributed by atoms with E-state index in [1.165, 1.54) is 31.9 Å². The Kier molecular flexibility index (Phi) is 5.01. The van der Waals surface area contributed by atoms with Crippen molar-refractivity contribution in [2.45, 2.75) is 31.7 Å². The lowest BCUT2D eigenvalue weighted by molar-refractivity contribution is 0.153. The van der Waals surface area contributed by atoms with E-state index in [0.29, 0.717) is 17.1 Å². The molecule has 4 heteroatoms. The maximum absolute atomic E-state index is 13.1. The Morgan fingerprint density at radius 2 is 2.28 bits per heavy atom. The second kappa shape index (κ2) is 6.53. The van der Waals surface area contributed by atoms with Crippen molar-refractivity contribution < 1.29 is 9.13 Å². The van der Waals surface area contributed by atoms with Crippen LogP contribution in [0, 0.1) is 5.82 Å². The predicted molar refractivity (Wildman–Crippen MR) is 74.5 cm³/mol. The molecule has 0 aromatic heterocycles. The molecular formula is C14H19BrFNO. The fraction of sp³-hybridized carbons (Fsp3) is 0.571. The van der Waals surface area contributed by atoms with Gasteiger partial charge in [-0.05, 0) is 67.0 Å². The molecule has 1 atom stereocenters. The molecule has 100 valence electrons. The molecule has 0 saturated carbocycles. The summed E-state index contributed by atoms with van der Waals surface area (Å²) in [7, 11) is 2.18. The molecule has 1 saturated heterocycles. The molecular weight excluding hydrogens is 297 g/mol. The van der Waals surface area contributed by atoms with Crippen LogP contribution in [0.3, 0.4) is 0 Å². The van der Waals surface area contributed by atoms with Crippen LogP contribution >= 0.6 is 15.9 Å². The van der Waals surface area contributed by atoms with E-state index in [1.807, 2.05) is 0 Å². The molecule has 2 nitrogen and oxygen atoms in total.